The number of piperazine rings is 1. The van der Waals surface area contributed by atoms with Crippen LogP contribution in [0.3, 0.4) is 0 Å². The minimum atomic E-state index is 0.0953. The molecule has 0 N–H and O–H groups in total. The lowest BCUT2D eigenvalue weighted by molar-refractivity contribution is -0.127. The van der Waals surface area contributed by atoms with E-state index in [1.54, 1.807) is 13.2 Å². The van der Waals surface area contributed by atoms with Crippen molar-refractivity contribution < 1.29 is 9.53 Å². The number of nitrogens with zero attached hydrogens (tertiary/aromatic N) is 4. The molecule has 210 valence electrons. The fourth-order valence-electron chi connectivity index (χ4n) is 5.60. The van der Waals surface area contributed by atoms with Crippen molar-refractivity contribution in [2.45, 2.75) is 47.1 Å². The number of carbonyl (C=O) groups excluding carboxylic acids is 1. The normalized spacial score (nSPS) is 14.7. The Morgan fingerprint density at radius 3 is 2.36 bits per heavy atom. The second-order valence-electron chi connectivity index (χ2n) is 10.7. The average Bonchev–Trinajstić information content (AvgIpc) is 3.23. The van der Waals surface area contributed by atoms with Crippen LogP contribution in [0, 0.1) is 13.8 Å². The lowest BCUT2D eigenvalue weighted by atomic mass is 10.1. The van der Waals surface area contributed by atoms with Crippen molar-refractivity contribution in [3.05, 3.63) is 70.9 Å². The van der Waals surface area contributed by atoms with Crippen molar-refractivity contribution in [1.82, 2.24) is 19.3 Å². The van der Waals surface area contributed by atoms with Crippen molar-refractivity contribution in [3.8, 4) is 5.75 Å². The summed E-state index contributed by atoms with van der Waals surface area (Å²) in [5, 5.41) is 1.14. The molecule has 0 aliphatic carbocycles. The SMILES string of the molecule is CCN(CC)CCCn1c(C)c(/C=C/C(=O)N2CCN(CCc3ccc(C)cc3)CC2)c2cc(OC)ccc21. The van der Waals surface area contributed by atoms with Gasteiger partial charge in [-0.3, -0.25) is 9.69 Å². The van der Waals surface area contributed by atoms with Crippen LogP contribution in [-0.2, 0) is 17.8 Å². The molecule has 1 aliphatic rings. The van der Waals surface area contributed by atoms with Gasteiger partial charge in [0.05, 0.1) is 7.11 Å². The number of hydrogen-bond acceptors (Lipinski definition) is 4. The summed E-state index contributed by atoms with van der Waals surface area (Å²) in [6, 6.07) is 15.1. The van der Waals surface area contributed by atoms with E-state index in [0.717, 1.165) is 88.4 Å². The third-order valence-electron chi connectivity index (χ3n) is 8.24. The first-order valence-corrected chi connectivity index (χ1v) is 14.6. The summed E-state index contributed by atoms with van der Waals surface area (Å²) in [7, 11) is 1.70. The van der Waals surface area contributed by atoms with E-state index in [9.17, 15) is 4.79 Å². The number of fused-ring (bicyclic) bond motifs is 1. The molecule has 0 radical (unpaired) electrons. The lowest BCUT2D eigenvalue weighted by Gasteiger charge is -2.34. The van der Waals surface area contributed by atoms with E-state index in [4.69, 9.17) is 4.74 Å². The predicted octanol–water partition coefficient (Wildman–Crippen LogP) is 5.40. The van der Waals surface area contributed by atoms with Gasteiger partial charge in [0.15, 0.2) is 0 Å². The lowest BCUT2D eigenvalue weighted by Crippen LogP contribution is -2.48. The summed E-state index contributed by atoms with van der Waals surface area (Å²) < 4.78 is 7.93. The Kier molecular flexibility index (Phi) is 10.2. The highest BCUT2D eigenvalue weighted by Crippen LogP contribution is 2.31. The first-order chi connectivity index (χ1) is 18.9. The number of ether oxygens (including phenoxy) is 1. The van der Waals surface area contributed by atoms with Crippen LogP contribution >= 0.6 is 0 Å². The summed E-state index contributed by atoms with van der Waals surface area (Å²) in [6.45, 7) is 17.4. The zero-order valence-corrected chi connectivity index (χ0v) is 24.6. The van der Waals surface area contributed by atoms with E-state index in [2.05, 4.69) is 78.5 Å². The highest BCUT2D eigenvalue weighted by molar-refractivity contribution is 5.98. The van der Waals surface area contributed by atoms with Crippen LogP contribution in [0.2, 0.25) is 0 Å². The van der Waals surface area contributed by atoms with Gasteiger partial charge in [0.1, 0.15) is 5.75 Å². The number of benzene rings is 2. The number of aromatic nitrogens is 1. The highest BCUT2D eigenvalue weighted by Gasteiger charge is 2.20. The van der Waals surface area contributed by atoms with Crippen LogP contribution < -0.4 is 4.74 Å². The zero-order valence-electron chi connectivity index (χ0n) is 24.6. The molecule has 4 rings (SSSR count). The summed E-state index contributed by atoms with van der Waals surface area (Å²) in [5.74, 6) is 0.934. The first kappa shape index (κ1) is 28.9. The minimum absolute atomic E-state index is 0.0953. The largest absolute Gasteiger partial charge is 0.497 e. The van der Waals surface area contributed by atoms with Gasteiger partial charge < -0.3 is 19.1 Å². The number of amides is 1. The van der Waals surface area contributed by atoms with E-state index < -0.39 is 0 Å². The zero-order chi connectivity index (χ0) is 27.8. The van der Waals surface area contributed by atoms with E-state index in [0.29, 0.717) is 0 Å². The van der Waals surface area contributed by atoms with Crippen molar-refractivity contribution >= 4 is 22.9 Å². The molecule has 1 saturated heterocycles. The fraction of sp³-hybridized carbons (Fsp3) is 0.485. The van der Waals surface area contributed by atoms with Gasteiger partial charge >= 0.3 is 0 Å². The predicted molar refractivity (Wildman–Crippen MR) is 163 cm³/mol. The van der Waals surface area contributed by atoms with Crippen LogP contribution in [-0.4, -0.2) is 84.6 Å². The third kappa shape index (κ3) is 7.31. The summed E-state index contributed by atoms with van der Waals surface area (Å²) in [5.41, 5.74) is 6.18. The van der Waals surface area contributed by atoms with Crippen molar-refractivity contribution in [3.63, 3.8) is 0 Å². The molecule has 3 aromatic rings. The molecule has 39 heavy (non-hydrogen) atoms. The average molecular weight is 531 g/mol. The van der Waals surface area contributed by atoms with Gasteiger partial charge in [-0.1, -0.05) is 43.7 Å². The molecule has 0 bridgehead atoms. The van der Waals surface area contributed by atoms with Crippen LogP contribution in [0.15, 0.2) is 48.5 Å². The molecule has 1 aliphatic heterocycles. The van der Waals surface area contributed by atoms with Gasteiger partial charge in [0, 0.05) is 67.5 Å². The van der Waals surface area contributed by atoms with Gasteiger partial charge in [-0.05, 0) is 76.2 Å². The van der Waals surface area contributed by atoms with Crippen LogP contribution in [0.4, 0.5) is 0 Å². The summed E-state index contributed by atoms with van der Waals surface area (Å²) >= 11 is 0. The quantitative estimate of drug-likeness (QED) is 0.294. The second-order valence-corrected chi connectivity index (χ2v) is 10.7. The third-order valence-corrected chi connectivity index (χ3v) is 8.24. The Morgan fingerprint density at radius 2 is 1.69 bits per heavy atom. The highest BCUT2D eigenvalue weighted by atomic mass is 16.5. The van der Waals surface area contributed by atoms with Crippen molar-refractivity contribution in [1.29, 1.82) is 0 Å². The molecule has 2 aromatic carbocycles. The summed E-state index contributed by atoms with van der Waals surface area (Å²) in [4.78, 5) is 20.1. The standard InChI is InChI=1S/C33H46N4O2/c1-6-34(7-2)18-8-19-37-27(4)30(31-25-29(39-5)13-15-32(31)37)14-16-33(38)36-23-21-35(22-24-36)20-17-28-11-9-26(3)10-12-28/h9-16,25H,6-8,17-24H2,1-5H3/b16-14+. The first-order valence-electron chi connectivity index (χ1n) is 14.6. The Balaban J connectivity index is 1.40. The van der Waals surface area contributed by atoms with E-state index in [-0.39, 0.29) is 5.91 Å². The van der Waals surface area contributed by atoms with Gasteiger partial charge in [0.25, 0.3) is 0 Å². The Morgan fingerprint density at radius 1 is 0.974 bits per heavy atom. The number of hydrogen-bond donors (Lipinski definition) is 0. The monoisotopic (exact) mass is 530 g/mol. The molecule has 1 amide bonds. The molecule has 0 spiro atoms. The topological polar surface area (TPSA) is 41.0 Å². The van der Waals surface area contributed by atoms with Crippen molar-refractivity contribution in [2.24, 2.45) is 0 Å². The molecule has 0 unspecified atom stereocenters. The minimum Gasteiger partial charge on any atom is -0.497 e. The Hall–Kier alpha value is -3.09. The van der Waals surface area contributed by atoms with Crippen LogP contribution in [0.5, 0.6) is 5.75 Å². The molecule has 1 fully saturated rings. The molecule has 6 nitrogen and oxygen atoms in total. The molecular formula is C33H46N4O2. The van der Waals surface area contributed by atoms with E-state index in [1.165, 1.54) is 22.3 Å². The molecule has 2 heterocycles. The van der Waals surface area contributed by atoms with E-state index in [1.807, 2.05) is 17.0 Å². The number of carbonyl (C=O) groups is 1. The van der Waals surface area contributed by atoms with Gasteiger partial charge in [-0.25, -0.2) is 0 Å². The van der Waals surface area contributed by atoms with Crippen LogP contribution in [0.1, 0.15) is 42.7 Å². The fourth-order valence-corrected chi connectivity index (χ4v) is 5.60. The van der Waals surface area contributed by atoms with Gasteiger partial charge in [-0.2, -0.15) is 0 Å². The second kappa shape index (κ2) is 13.8. The maximum atomic E-state index is 13.2. The van der Waals surface area contributed by atoms with Crippen molar-refractivity contribution in [2.75, 3.05) is 59.5 Å². The maximum Gasteiger partial charge on any atom is 0.246 e. The van der Waals surface area contributed by atoms with E-state index >= 15 is 0 Å². The van der Waals surface area contributed by atoms with Gasteiger partial charge in [0.2, 0.25) is 5.91 Å². The molecule has 0 atom stereocenters. The molecule has 1 aromatic heterocycles. The Bertz CT molecular complexity index is 1250. The molecular weight excluding hydrogens is 484 g/mol. The number of methoxy groups -OCH3 is 1. The molecule has 6 heteroatoms. The Labute approximate surface area is 234 Å². The maximum absolute atomic E-state index is 13.2. The van der Waals surface area contributed by atoms with Crippen LogP contribution in [0.25, 0.3) is 17.0 Å². The van der Waals surface area contributed by atoms with Gasteiger partial charge in [-0.15, -0.1) is 0 Å². The number of rotatable bonds is 12. The molecule has 0 saturated carbocycles. The summed E-state index contributed by atoms with van der Waals surface area (Å²) in [6.07, 6.45) is 5.93. The smallest absolute Gasteiger partial charge is 0.246 e. The number of aryl methyl sites for hydroxylation is 2.